The van der Waals surface area contributed by atoms with E-state index in [4.69, 9.17) is 4.74 Å². The first-order chi connectivity index (χ1) is 8.25. The number of amides is 1. The number of halogens is 1. The summed E-state index contributed by atoms with van der Waals surface area (Å²) in [6, 6.07) is 0. The average Bonchev–Trinajstić information content (AvgIpc) is 2.83. The molecule has 0 radical (unpaired) electrons. The maximum Gasteiger partial charge on any atom is 0.236 e. The van der Waals surface area contributed by atoms with E-state index in [1.165, 1.54) is 0 Å². The van der Waals surface area contributed by atoms with Gasteiger partial charge >= 0.3 is 0 Å². The molecular weight excluding hydrogens is 254 g/mol. The quantitative estimate of drug-likeness (QED) is 0.783. The summed E-state index contributed by atoms with van der Waals surface area (Å²) >= 11 is 0. The summed E-state index contributed by atoms with van der Waals surface area (Å²) in [6.07, 6.45) is 2.59. The molecule has 0 aliphatic carbocycles. The molecule has 0 bridgehead atoms. The zero-order valence-corrected chi connectivity index (χ0v) is 11.9. The number of likely N-dealkylation sites (N-methyl/N-ethyl adjacent to an activating group) is 1. The van der Waals surface area contributed by atoms with Crippen molar-refractivity contribution in [2.24, 2.45) is 0 Å². The fourth-order valence-electron chi connectivity index (χ4n) is 2.31. The van der Waals surface area contributed by atoms with Crippen LogP contribution in [0, 0.1) is 0 Å². The summed E-state index contributed by atoms with van der Waals surface area (Å²) in [5.74, 6) is 0.219. The van der Waals surface area contributed by atoms with Crippen LogP contribution in [-0.4, -0.2) is 74.7 Å². The number of hydrogen-bond donors (Lipinski definition) is 1. The molecule has 2 heterocycles. The summed E-state index contributed by atoms with van der Waals surface area (Å²) in [7, 11) is 2.09. The summed E-state index contributed by atoms with van der Waals surface area (Å²) in [6.45, 7) is 5.81. The van der Waals surface area contributed by atoms with Crippen molar-refractivity contribution in [3.63, 3.8) is 0 Å². The number of hydrogen-bond acceptors (Lipinski definition) is 4. The molecule has 0 spiro atoms. The molecule has 0 saturated carbocycles. The normalized spacial score (nSPS) is 24.9. The molecule has 0 aromatic heterocycles. The molecule has 1 unspecified atom stereocenters. The van der Waals surface area contributed by atoms with Gasteiger partial charge in [0.05, 0.1) is 12.6 Å². The van der Waals surface area contributed by atoms with E-state index in [2.05, 4.69) is 17.3 Å². The maximum absolute atomic E-state index is 11.9. The Balaban J connectivity index is 0.00000162. The predicted molar refractivity (Wildman–Crippen MR) is 73.2 cm³/mol. The van der Waals surface area contributed by atoms with Gasteiger partial charge in [0.15, 0.2) is 0 Å². The number of carbonyl (C=O) groups excluding carboxylic acids is 1. The van der Waals surface area contributed by atoms with Gasteiger partial charge in [-0.05, 0) is 19.9 Å². The van der Waals surface area contributed by atoms with Gasteiger partial charge in [0.25, 0.3) is 0 Å². The molecule has 18 heavy (non-hydrogen) atoms. The lowest BCUT2D eigenvalue weighted by Gasteiger charge is -2.32. The van der Waals surface area contributed by atoms with Crippen LogP contribution >= 0.6 is 12.4 Å². The highest BCUT2D eigenvalue weighted by atomic mass is 35.5. The van der Waals surface area contributed by atoms with Crippen LogP contribution < -0.4 is 5.32 Å². The van der Waals surface area contributed by atoms with E-state index in [-0.39, 0.29) is 18.3 Å². The van der Waals surface area contributed by atoms with Crippen molar-refractivity contribution in [1.29, 1.82) is 0 Å². The average molecular weight is 278 g/mol. The molecule has 2 fully saturated rings. The topological polar surface area (TPSA) is 44.8 Å². The van der Waals surface area contributed by atoms with Gasteiger partial charge in [-0.2, -0.15) is 0 Å². The Morgan fingerprint density at radius 3 is 2.67 bits per heavy atom. The Morgan fingerprint density at radius 2 is 2.06 bits per heavy atom. The first-order valence-corrected chi connectivity index (χ1v) is 6.54. The molecule has 1 N–H and O–H groups in total. The first kappa shape index (κ1) is 15.7. The van der Waals surface area contributed by atoms with Crippen molar-refractivity contribution < 1.29 is 9.53 Å². The summed E-state index contributed by atoms with van der Waals surface area (Å²) in [5.41, 5.74) is 0. The highest BCUT2D eigenvalue weighted by molar-refractivity contribution is 5.85. The van der Waals surface area contributed by atoms with E-state index in [1.807, 2.05) is 4.90 Å². The van der Waals surface area contributed by atoms with Crippen LogP contribution in [0.3, 0.4) is 0 Å². The van der Waals surface area contributed by atoms with Gasteiger partial charge in [-0.25, -0.2) is 0 Å². The van der Waals surface area contributed by atoms with E-state index >= 15 is 0 Å². The fourth-order valence-corrected chi connectivity index (χ4v) is 2.31. The van der Waals surface area contributed by atoms with Crippen molar-refractivity contribution in [2.75, 3.05) is 52.9 Å². The van der Waals surface area contributed by atoms with Gasteiger partial charge in [0.2, 0.25) is 5.91 Å². The molecule has 0 aromatic rings. The van der Waals surface area contributed by atoms with E-state index in [0.29, 0.717) is 12.6 Å². The molecule has 106 valence electrons. The molecule has 1 amide bonds. The summed E-state index contributed by atoms with van der Waals surface area (Å²) in [5, 5.41) is 3.21. The lowest BCUT2D eigenvalue weighted by atomic mass is 10.2. The molecule has 0 aromatic carbocycles. The second-order valence-corrected chi connectivity index (χ2v) is 4.95. The number of nitrogens with one attached hydrogen (secondary N) is 1. The molecule has 5 nitrogen and oxygen atoms in total. The maximum atomic E-state index is 11.9. The Kier molecular flexibility index (Phi) is 6.92. The molecule has 2 saturated heterocycles. The number of rotatable bonds is 4. The Labute approximate surface area is 115 Å². The van der Waals surface area contributed by atoms with Gasteiger partial charge in [-0.15, -0.1) is 12.4 Å². The monoisotopic (exact) mass is 277 g/mol. The first-order valence-electron chi connectivity index (χ1n) is 6.54. The second-order valence-electron chi connectivity index (χ2n) is 4.95. The van der Waals surface area contributed by atoms with E-state index in [9.17, 15) is 4.79 Å². The van der Waals surface area contributed by atoms with Crippen LogP contribution in [0.5, 0.6) is 0 Å². The minimum absolute atomic E-state index is 0. The summed E-state index contributed by atoms with van der Waals surface area (Å²) < 4.78 is 5.50. The zero-order valence-electron chi connectivity index (χ0n) is 11.1. The highest BCUT2D eigenvalue weighted by Gasteiger charge is 2.19. The van der Waals surface area contributed by atoms with Crippen LogP contribution in [0.25, 0.3) is 0 Å². The van der Waals surface area contributed by atoms with Crippen LogP contribution in [0.4, 0.5) is 0 Å². The third-order valence-corrected chi connectivity index (χ3v) is 3.53. The molecule has 6 heteroatoms. The summed E-state index contributed by atoms with van der Waals surface area (Å²) in [4.78, 5) is 16.1. The Bertz CT molecular complexity index is 252. The molecule has 2 aliphatic rings. The van der Waals surface area contributed by atoms with Gasteiger partial charge in [0, 0.05) is 39.3 Å². The van der Waals surface area contributed by atoms with Gasteiger partial charge in [-0.3, -0.25) is 4.79 Å². The Morgan fingerprint density at radius 1 is 1.33 bits per heavy atom. The highest BCUT2D eigenvalue weighted by Crippen LogP contribution is 2.10. The molecule has 1 atom stereocenters. The van der Waals surface area contributed by atoms with E-state index in [0.717, 1.165) is 52.2 Å². The van der Waals surface area contributed by atoms with Crippen molar-refractivity contribution in [3.05, 3.63) is 0 Å². The van der Waals surface area contributed by atoms with Crippen molar-refractivity contribution in [1.82, 2.24) is 15.1 Å². The third kappa shape index (κ3) is 4.72. The lowest BCUT2D eigenvalue weighted by Crippen LogP contribution is -2.49. The van der Waals surface area contributed by atoms with Crippen LogP contribution in [0.1, 0.15) is 12.8 Å². The van der Waals surface area contributed by atoms with E-state index in [1.54, 1.807) is 0 Å². The molecular formula is C12H24ClN3O2. The van der Waals surface area contributed by atoms with Gasteiger partial charge < -0.3 is 19.9 Å². The molecule has 2 rings (SSSR count). The predicted octanol–water partition coefficient (Wildman–Crippen LogP) is -0.0492. The number of carbonyl (C=O) groups is 1. The van der Waals surface area contributed by atoms with E-state index < -0.39 is 0 Å². The number of nitrogens with zero attached hydrogens (tertiary/aromatic N) is 2. The second kappa shape index (κ2) is 7.94. The SMILES string of the molecule is CN1CCN(C(=O)CNCC2CCCO2)CC1.Cl. The van der Waals surface area contributed by atoms with Crippen molar-refractivity contribution in [2.45, 2.75) is 18.9 Å². The Hall–Kier alpha value is -0.360. The van der Waals surface area contributed by atoms with Crippen LogP contribution in [-0.2, 0) is 9.53 Å². The largest absolute Gasteiger partial charge is 0.377 e. The van der Waals surface area contributed by atoms with Gasteiger partial charge in [0.1, 0.15) is 0 Å². The van der Waals surface area contributed by atoms with Gasteiger partial charge in [-0.1, -0.05) is 0 Å². The lowest BCUT2D eigenvalue weighted by molar-refractivity contribution is -0.131. The minimum Gasteiger partial charge on any atom is -0.377 e. The van der Waals surface area contributed by atoms with Crippen molar-refractivity contribution >= 4 is 18.3 Å². The van der Waals surface area contributed by atoms with Crippen molar-refractivity contribution in [3.8, 4) is 0 Å². The standard InChI is InChI=1S/C12H23N3O2.ClH/c1-14-4-6-15(7-5-14)12(16)10-13-9-11-3-2-8-17-11;/h11,13H,2-10H2,1H3;1H. The smallest absolute Gasteiger partial charge is 0.236 e. The molecule has 2 aliphatic heterocycles. The number of piperazine rings is 1. The fraction of sp³-hybridized carbons (Fsp3) is 0.917. The van der Waals surface area contributed by atoms with Crippen LogP contribution in [0.15, 0.2) is 0 Å². The van der Waals surface area contributed by atoms with Crippen LogP contribution in [0.2, 0.25) is 0 Å². The minimum atomic E-state index is 0. The number of ether oxygens (including phenoxy) is 1. The zero-order chi connectivity index (χ0) is 12.1. The third-order valence-electron chi connectivity index (χ3n) is 3.53.